The van der Waals surface area contributed by atoms with Gasteiger partial charge in [-0.15, -0.1) is 11.8 Å². The minimum absolute atomic E-state index is 0.766. The first-order valence-corrected chi connectivity index (χ1v) is 7.06. The van der Waals surface area contributed by atoms with Crippen molar-refractivity contribution in [2.75, 3.05) is 18.7 Å². The second-order valence-electron chi connectivity index (χ2n) is 3.89. The van der Waals surface area contributed by atoms with Crippen molar-refractivity contribution >= 4 is 17.4 Å². The Balaban J connectivity index is 2.02. The number of methoxy groups -OCH3 is 1. The Kier molecular flexibility index (Phi) is 4.53. The van der Waals surface area contributed by atoms with Crippen LogP contribution in [-0.2, 0) is 6.54 Å². The van der Waals surface area contributed by atoms with Crippen LogP contribution in [0.2, 0.25) is 0 Å². The van der Waals surface area contributed by atoms with Crippen molar-refractivity contribution < 1.29 is 4.74 Å². The lowest BCUT2D eigenvalue weighted by molar-refractivity contribution is 0.410. The van der Waals surface area contributed by atoms with Crippen LogP contribution in [0.3, 0.4) is 0 Å². The number of anilines is 1. The monoisotopic (exact) mass is 259 g/mol. The Morgan fingerprint density at radius 2 is 1.78 bits per heavy atom. The SMILES string of the molecule is COc1ccccc1CNc1ccc(SC)cc1. The molecule has 0 unspecified atom stereocenters. The molecule has 2 aromatic rings. The summed E-state index contributed by atoms with van der Waals surface area (Å²) in [7, 11) is 1.70. The molecule has 0 spiro atoms. The molecular weight excluding hydrogens is 242 g/mol. The standard InChI is InChI=1S/C15H17NOS/c1-17-15-6-4-3-5-12(15)11-16-13-7-9-14(18-2)10-8-13/h3-10,16H,11H2,1-2H3. The summed E-state index contributed by atoms with van der Waals surface area (Å²) in [4.78, 5) is 1.28. The molecule has 2 nitrogen and oxygen atoms in total. The van der Waals surface area contributed by atoms with E-state index in [2.05, 4.69) is 41.9 Å². The molecule has 3 heteroatoms. The maximum Gasteiger partial charge on any atom is 0.123 e. The molecule has 0 aliphatic rings. The number of ether oxygens (including phenoxy) is 1. The van der Waals surface area contributed by atoms with Crippen molar-refractivity contribution in [3.8, 4) is 5.75 Å². The van der Waals surface area contributed by atoms with Crippen molar-refractivity contribution in [3.05, 3.63) is 54.1 Å². The van der Waals surface area contributed by atoms with E-state index in [9.17, 15) is 0 Å². The predicted octanol–water partition coefficient (Wildman–Crippen LogP) is 4.03. The normalized spacial score (nSPS) is 10.1. The number of thioether (sulfide) groups is 1. The lowest BCUT2D eigenvalue weighted by Crippen LogP contribution is -2.01. The van der Waals surface area contributed by atoms with E-state index in [4.69, 9.17) is 4.74 Å². The first-order chi connectivity index (χ1) is 8.83. The van der Waals surface area contributed by atoms with Crippen LogP contribution in [0.25, 0.3) is 0 Å². The summed E-state index contributed by atoms with van der Waals surface area (Å²) < 4.78 is 5.33. The molecule has 0 bridgehead atoms. The minimum Gasteiger partial charge on any atom is -0.496 e. The van der Waals surface area contributed by atoms with Crippen LogP contribution in [0.15, 0.2) is 53.4 Å². The van der Waals surface area contributed by atoms with E-state index in [1.165, 1.54) is 4.90 Å². The van der Waals surface area contributed by atoms with Crippen molar-refractivity contribution in [3.63, 3.8) is 0 Å². The maximum atomic E-state index is 5.33. The van der Waals surface area contributed by atoms with Crippen LogP contribution >= 0.6 is 11.8 Å². The highest BCUT2D eigenvalue weighted by Crippen LogP contribution is 2.21. The summed E-state index contributed by atoms with van der Waals surface area (Å²) in [6.07, 6.45) is 2.08. The van der Waals surface area contributed by atoms with Crippen LogP contribution < -0.4 is 10.1 Å². The molecule has 0 aliphatic heterocycles. The summed E-state index contributed by atoms with van der Waals surface area (Å²) in [6, 6.07) is 16.5. The van der Waals surface area contributed by atoms with Gasteiger partial charge in [0.05, 0.1) is 7.11 Å². The van der Waals surface area contributed by atoms with E-state index in [1.807, 2.05) is 18.2 Å². The fourth-order valence-electron chi connectivity index (χ4n) is 1.76. The molecule has 0 radical (unpaired) electrons. The van der Waals surface area contributed by atoms with Crippen LogP contribution in [0.5, 0.6) is 5.75 Å². The highest BCUT2D eigenvalue weighted by atomic mass is 32.2. The number of para-hydroxylation sites is 1. The van der Waals surface area contributed by atoms with Gasteiger partial charge in [0.1, 0.15) is 5.75 Å². The topological polar surface area (TPSA) is 21.3 Å². The quantitative estimate of drug-likeness (QED) is 0.819. The largest absolute Gasteiger partial charge is 0.496 e. The zero-order valence-corrected chi connectivity index (χ0v) is 11.5. The van der Waals surface area contributed by atoms with Gasteiger partial charge in [-0.3, -0.25) is 0 Å². The van der Waals surface area contributed by atoms with Gasteiger partial charge in [0.25, 0.3) is 0 Å². The van der Waals surface area contributed by atoms with E-state index in [0.29, 0.717) is 0 Å². The highest BCUT2D eigenvalue weighted by Gasteiger charge is 2.01. The van der Waals surface area contributed by atoms with Gasteiger partial charge in [0.2, 0.25) is 0 Å². The van der Waals surface area contributed by atoms with Gasteiger partial charge in [-0.05, 0) is 36.6 Å². The first-order valence-electron chi connectivity index (χ1n) is 5.83. The molecule has 0 saturated heterocycles. The molecule has 94 valence electrons. The van der Waals surface area contributed by atoms with Crippen molar-refractivity contribution in [2.45, 2.75) is 11.4 Å². The Labute approximate surface area is 112 Å². The third kappa shape index (κ3) is 3.20. The van der Waals surface area contributed by atoms with Crippen molar-refractivity contribution in [1.82, 2.24) is 0 Å². The molecule has 2 rings (SSSR count). The average Bonchev–Trinajstić information content (AvgIpc) is 2.46. The molecule has 0 aliphatic carbocycles. The third-order valence-corrected chi connectivity index (χ3v) is 3.51. The molecule has 0 amide bonds. The lowest BCUT2D eigenvalue weighted by Gasteiger charge is -2.10. The van der Waals surface area contributed by atoms with E-state index in [-0.39, 0.29) is 0 Å². The Morgan fingerprint density at radius 1 is 1.06 bits per heavy atom. The van der Waals surface area contributed by atoms with Crippen LogP contribution in [0.1, 0.15) is 5.56 Å². The molecule has 2 aromatic carbocycles. The zero-order valence-electron chi connectivity index (χ0n) is 10.6. The van der Waals surface area contributed by atoms with E-state index in [0.717, 1.165) is 23.5 Å². The fraction of sp³-hybridized carbons (Fsp3) is 0.200. The van der Waals surface area contributed by atoms with Gasteiger partial charge >= 0.3 is 0 Å². The van der Waals surface area contributed by atoms with Gasteiger partial charge < -0.3 is 10.1 Å². The Morgan fingerprint density at radius 3 is 2.44 bits per heavy atom. The molecular formula is C15H17NOS. The van der Waals surface area contributed by atoms with E-state index >= 15 is 0 Å². The second-order valence-corrected chi connectivity index (χ2v) is 4.77. The maximum absolute atomic E-state index is 5.33. The van der Waals surface area contributed by atoms with Crippen molar-refractivity contribution in [2.24, 2.45) is 0 Å². The molecule has 1 N–H and O–H groups in total. The molecule has 0 fully saturated rings. The smallest absolute Gasteiger partial charge is 0.123 e. The van der Waals surface area contributed by atoms with E-state index in [1.54, 1.807) is 18.9 Å². The number of nitrogens with one attached hydrogen (secondary N) is 1. The summed E-state index contributed by atoms with van der Waals surface area (Å²) in [6.45, 7) is 0.766. The van der Waals surface area contributed by atoms with Gasteiger partial charge in [0.15, 0.2) is 0 Å². The Hall–Kier alpha value is -1.61. The number of benzene rings is 2. The summed E-state index contributed by atoms with van der Waals surface area (Å²) in [5.41, 5.74) is 2.28. The van der Waals surface area contributed by atoms with Crippen LogP contribution in [0.4, 0.5) is 5.69 Å². The third-order valence-electron chi connectivity index (χ3n) is 2.77. The predicted molar refractivity (Wildman–Crippen MR) is 78.5 cm³/mol. The fourth-order valence-corrected chi connectivity index (χ4v) is 2.16. The Bertz CT molecular complexity index is 496. The summed E-state index contributed by atoms with van der Waals surface area (Å²) in [5, 5.41) is 3.40. The van der Waals surface area contributed by atoms with Crippen LogP contribution in [-0.4, -0.2) is 13.4 Å². The number of hydrogen-bond donors (Lipinski definition) is 1. The summed E-state index contributed by atoms with van der Waals surface area (Å²) in [5.74, 6) is 0.922. The first kappa shape index (κ1) is 12.8. The lowest BCUT2D eigenvalue weighted by atomic mass is 10.2. The molecule has 0 aromatic heterocycles. The number of hydrogen-bond acceptors (Lipinski definition) is 3. The molecule has 0 saturated carbocycles. The summed E-state index contributed by atoms with van der Waals surface area (Å²) >= 11 is 1.75. The van der Waals surface area contributed by atoms with Gasteiger partial charge in [0, 0.05) is 22.7 Å². The van der Waals surface area contributed by atoms with Gasteiger partial charge in [-0.1, -0.05) is 18.2 Å². The number of rotatable bonds is 5. The molecule has 0 atom stereocenters. The van der Waals surface area contributed by atoms with E-state index < -0.39 is 0 Å². The molecule has 18 heavy (non-hydrogen) atoms. The van der Waals surface area contributed by atoms with Gasteiger partial charge in [-0.2, -0.15) is 0 Å². The minimum atomic E-state index is 0.766. The average molecular weight is 259 g/mol. The highest BCUT2D eigenvalue weighted by molar-refractivity contribution is 7.98. The van der Waals surface area contributed by atoms with Crippen molar-refractivity contribution in [1.29, 1.82) is 0 Å². The van der Waals surface area contributed by atoms with Crippen LogP contribution in [0, 0.1) is 0 Å². The van der Waals surface area contributed by atoms with Gasteiger partial charge in [-0.25, -0.2) is 0 Å². The second kappa shape index (κ2) is 6.36. The zero-order chi connectivity index (χ0) is 12.8. The molecule has 0 heterocycles.